The van der Waals surface area contributed by atoms with E-state index in [-0.39, 0.29) is 11.8 Å². The summed E-state index contributed by atoms with van der Waals surface area (Å²) >= 11 is 5.90. The van der Waals surface area contributed by atoms with Crippen LogP contribution < -0.4 is 0 Å². The molecule has 2 rings (SSSR count). The normalized spacial score (nSPS) is 13.5. The number of aromatic nitrogens is 3. The van der Waals surface area contributed by atoms with Crippen LogP contribution in [0.3, 0.4) is 0 Å². The van der Waals surface area contributed by atoms with Crippen molar-refractivity contribution in [2.45, 2.75) is 78.4 Å². The Morgan fingerprint density at radius 1 is 1.19 bits per heavy atom. The summed E-state index contributed by atoms with van der Waals surface area (Å²) in [4.78, 5) is 13.9. The van der Waals surface area contributed by atoms with Crippen molar-refractivity contribution in [2.24, 2.45) is 5.41 Å². The van der Waals surface area contributed by atoms with Crippen molar-refractivity contribution >= 4 is 17.6 Å². The summed E-state index contributed by atoms with van der Waals surface area (Å²) in [6.45, 7) is 8.69. The predicted molar refractivity (Wildman–Crippen MR) is 125 cm³/mol. The van der Waals surface area contributed by atoms with Crippen LogP contribution in [0.4, 0.5) is 0 Å². The van der Waals surface area contributed by atoms with Crippen LogP contribution >= 0.6 is 11.6 Å². The van der Waals surface area contributed by atoms with Crippen molar-refractivity contribution in [2.75, 3.05) is 0 Å². The van der Waals surface area contributed by atoms with Crippen molar-refractivity contribution < 1.29 is 15.0 Å². The molecule has 1 unspecified atom stereocenters. The van der Waals surface area contributed by atoms with Gasteiger partial charge >= 0.3 is 5.97 Å². The maximum atomic E-state index is 11.1. The first-order valence-electron chi connectivity index (χ1n) is 10.7. The van der Waals surface area contributed by atoms with Gasteiger partial charge in [0, 0.05) is 5.02 Å². The lowest BCUT2D eigenvalue weighted by atomic mass is 9.73. The van der Waals surface area contributed by atoms with Crippen molar-refractivity contribution in [1.82, 2.24) is 14.8 Å². The molecule has 0 radical (unpaired) electrons. The lowest BCUT2D eigenvalue weighted by Gasteiger charge is -2.40. The largest absolute Gasteiger partial charge is 0.481 e. The molecule has 1 heterocycles. The van der Waals surface area contributed by atoms with Crippen LogP contribution in [0.2, 0.25) is 5.02 Å². The minimum absolute atomic E-state index is 0.156. The number of aliphatic carboxylic acids is 1. The molecule has 2 N–H and O–H groups in total. The van der Waals surface area contributed by atoms with Crippen LogP contribution in [-0.2, 0) is 17.8 Å². The van der Waals surface area contributed by atoms with E-state index < -0.39 is 11.6 Å². The Labute approximate surface area is 191 Å². The maximum absolute atomic E-state index is 11.1. The summed E-state index contributed by atoms with van der Waals surface area (Å²) in [5.41, 5.74) is 0.0479. The Morgan fingerprint density at radius 3 is 2.39 bits per heavy atom. The number of allylic oxidation sites excluding steroid dienone is 1. The first-order chi connectivity index (χ1) is 14.6. The van der Waals surface area contributed by atoms with Gasteiger partial charge in [-0.3, -0.25) is 9.48 Å². The molecule has 7 heteroatoms. The highest BCUT2D eigenvalue weighted by atomic mass is 35.5. The number of aryl methyl sites for hydroxylation is 1. The highest BCUT2D eigenvalue weighted by Gasteiger charge is 2.40. The van der Waals surface area contributed by atoms with Gasteiger partial charge in [0.15, 0.2) is 0 Å². The molecule has 31 heavy (non-hydrogen) atoms. The molecule has 1 atom stereocenters. The predicted octanol–water partition coefficient (Wildman–Crippen LogP) is 5.55. The van der Waals surface area contributed by atoms with Gasteiger partial charge in [-0.15, -0.1) is 0 Å². The van der Waals surface area contributed by atoms with E-state index >= 15 is 0 Å². The van der Waals surface area contributed by atoms with E-state index in [0.29, 0.717) is 13.0 Å². The summed E-state index contributed by atoms with van der Waals surface area (Å²) in [5, 5.41) is 24.2. The molecule has 0 aliphatic carbocycles. The van der Waals surface area contributed by atoms with Gasteiger partial charge in [0.25, 0.3) is 0 Å². The van der Waals surface area contributed by atoms with Gasteiger partial charge in [0.05, 0.1) is 18.6 Å². The number of halogens is 1. The van der Waals surface area contributed by atoms with Crippen molar-refractivity contribution in [3.8, 4) is 0 Å². The molecule has 1 aromatic carbocycles. The van der Waals surface area contributed by atoms with Gasteiger partial charge in [0.2, 0.25) is 0 Å². The molecule has 1 aromatic heterocycles. The fourth-order valence-corrected chi connectivity index (χ4v) is 3.03. The Balaban J connectivity index is 0.000000407. The van der Waals surface area contributed by atoms with E-state index in [9.17, 15) is 9.90 Å². The minimum atomic E-state index is -0.861. The fourth-order valence-electron chi connectivity index (χ4n) is 2.90. The Morgan fingerprint density at radius 2 is 1.87 bits per heavy atom. The van der Waals surface area contributed by atoms with E-state index in [0.717, 1.165) is 30.7 Å². The average molecular weight is 450 g/mol. The zero-order valence-electron chi connectivity index (χ0n) is 19.1. The molecule has 6 nitrogen and oxygen atoms in total. The first-order valence-corrected chi connectivity index (χ1v) is 11.1. The molecule has 0 spiro atoms. The second kappa shape index (κ2) is 13.3. The highest BCUT2D eigenvalue weighted by Crippen LogP contribution is 2.35. The third-order valence-electron chi connectivity index (χ3n) is 5.21. The van der Waals surface area contributed by atoms with Gasteiger partial charge in [-0.1, -0.05) is 76.4 Å². The van der Waals surface area contributed by atoms with Gasteiger partial charge in [-0.2, -0.15) is 5.10 Å². The van der Waals surface area contributed by atoms with E-state index in [2.05, 4.69) is 17.0 Å². The minimum Gasteiger partial charge on any atom is -0.481 e. The van der Waals surface area contributed by atoms with Gasteiger partial charge in [-0.05, 0) is 42.4 Å². The number of nitrogens with zero attached hydrogens (tertiary/aromatic N) is 3. The third-order valence-corrected chi connectivity index (χ3v) is 5.46. The number of carbonyl (C=O) groups is 1. The van der Waals surface area contributed by atoms with E-state index in [1.807, 2.05) is 51.1 Å². The molecule has 0 aliphatic heterocycles. The second-order valence-electron chi connectivity index (χ2n) is 8.71. The smallest absolute Gasteiger partial charge is 0.307 e. The molecular weight excluding hydrogens is 414 g/mol. The number of hydrogen-bond donors (Lipinski definition) is 2. The SMILES string of the molecule is CC(C)(C)C(O)(CCc1ccc(Cl)cc1)Cn1cncn1.CCCCC=CCC(=O)O. The number of carboxylic acid groups (broad SMARTS) is 1. The second-order valence-corrected chi connectivity index (χ2v) is 9.15. The molecule has 2 aromatic rings. The number of hydrogen-bond acceptors (Lipinski definition) is 4. The third kappa shape index (κ3) is 10.6. The highest BCUT2D eigenvalue weighted by molar-refractivity contribution is 6.30. The fraction of sp³-hybridized carbons (Fsp3) is 0.542. The number of aliphatic hydroxyl groups is 1. The van der Waals surface area contributed by atoms with E-state index in [4.69, 9.17) is 16.7 Å². The standard InChI is InChI=1S/C16H22ClN3O.C8H14O2/c1-15(2,3)16(21,10-20-12-18-11-19-20)9-8-13-4-6-14(17)7-5-13;1-2-3-4-5-6-7-8(9)10/h4-7,11-12,21H,8-10H2,1-3H3;5-6H,2-4,7H2,1H3,(H,9,10). The van der Waals surface area contributed by atoms with Crippen LogP contribution in [0.15, 0.2) is 49.1 Å². The van der Waals surface area contributed by atoms with Crippen molar-refractivity contribution in [3.05, 3.63) is 59.7 Å². The topological polar surface area (TPSA) is 88.2 Å². The Bertz CT molecular complexity index is 783. The van der Waals surface area contributed by atoms with Crippen LogP contribution in [0.1, 0.15) is 65.4 Å². The Kier molecular flexibility index (Phi) is 11.5. The zero-order chi connectivity index (χ0) is 23.3. The molecule has 172 valence electrons. The summed E-state index contributed by atoms with van der Waals surface area (Å²) in [6.07, 6.45) is 11.7. The van der Waals surface area contributed by atoms with Crippen LogP contribution in [0.5, 0.6) is 0 Å². The summed E-state index contributed by atoms with van der Waals surface area (Å²) in [5.74, 6) is -0.757. The lowest BCUT2D eigenvalue weighted by molar-refractivity contribution is -0.136. The molecule has 0 amide bonds. The van der Waals surface area contributed by atoms with Crippen LogP contribution in [0.25, 0.3) is 0 Å². The average Bonchev–Trinajstić information content (AvgIpc) is 3.20. The zero-order valence-corrected chi connectivity index (χ0v) is 19.8. The summed E-state index contributed by atoms with van der Waals surface area (Å²) in [6, 6.07) is 7.76. The number of benzene rings is 1. The number of rotatable bonds is 10. The summed E-state index contributed by atoms with van der Waals surface area (Å²) < 4.78 is 1.69. The number of unbranched alkanes of at least 4 members (excludes halogenated alkanes) is 2. The molecule has 0 fully saturated rings. The van der Waals surface area contributed by atoms with Gasteiger partial charge < -0.3 is 10.2 Å². The first kappa shape index (κ1) is 26.9. The maximum Gasteiger partial charge on any atom is 0.307 e. The molecule has 0 saturated carbocycles. The van der Waals surface area contributed by atoms with Crippen molar-refractivity contribution in [1.29, 1.82) is 0 Å². The van der Waals surface area contributed by atoms with Gasteiger partial charge in [-0.25, -0.2) is 4.98 Å². The van der Waals surface area contributed by atoms with Crippen LogP contribution in [-0.4, -0.2) is 36.5 Å². The molecule has 0 aliphatic rings. The van der Waals surface area contributed by atoms with E-state index in [1.165, 1.54) is 11.9 Å². The molecule has 0 saturated heterocycles. The van der Waals surface area contributed by atoms with Crippen LogP contribution in [0, 0.1) is 5.41 Å². The molecular formula is C24H36ClN3O3. The quantitative estimate of drug-likeness (QED) is 0.366. The number of carboxylic acids is 1. The van der Waals surface area contributed by atoms with E-state index in [1.54, 1.807) is 17.1 Å². The lowest BCUT2D eigenvalue weighted by Crippen LogP contribution is -2.47. The Hall–Kier alpha value is -2.18. The monoisotopic (exact) mass is 449 g/mol. The molecule has 0 bridgehead atoms. The van der Waals surface area contributed by atoms with Gasteiger partial charge in [0.1, 0.15) is 12.7 Å². The summed E-state index contributed by atoms with van der Waals surface area (Å²) in [7, 11) is 0. The van der Waals surface area contributed by atoms with Crippen molar-refractivity contribution in [3.63, 3.8) is 0 Å².